The molecule has 1 saturated heterocycles. The van der Waals surface area contributed by atoms with Gasteiger partial charge < -0.3 is 14.3 Å². The van der Waals surface area contributed by atoms with E-state index in [2.05, 4.69) is 4.90 Å². The van der Waals surface area contributed by atoms with Gasteiger partial charge >= 0.3 is 5.97 Å². The molecule has 1 N–H and O–H groups in total. The third kappa shape index (κ3) is 2.87. The summed E-state index contributed by atoms with van der Waals surface area (Å²) in [5.41, 5.74) is 0.731. The van der Waals surface area contributed by atoms with Crippen molar-refractivity contribution >= 4 is 5.97 Å². The molecule has 0 amide bonds. The third-order valence-electron chi connectivity index (χ3n) is 3.13. The summed E-state index contributed by atoms with van der Waals surface area (Å²) in [4.78, 5) is 13.1. The van der Waals surface area contributed by atoms with E-state index in [0.29, 0.717) is 6.54 Å². The number of rotatable bonds is 4. The lowest BCUT2D eigenvalue weighted by molar-refractivity contribution is 0.0282. The molecule has 1 fully saturated rings. The number of nitrogens with zero attached hydrogens (tertiary/aromatic N) is 1. The predicted octanol–water partition coefficient (Wildman–Crippen LogP) is 1.59. The lowest BCUT2D eigenvalue weighted by Gasteiger charge is -2.31. The Morgan fingerprint density at radius 2 is 2.53 bits per heavy atom. The summed E-state index contributed by atoms with van der Waals surface area (Å²) in [5, 5.41) is 8.95. The van der Waals surface area contributed by atoms with Gasteiger partial charge in [0.2, 0.25) is 5.76 Å². The average molecular weight is 239 g/mol. The molecule has 0 aromatic carbocycles. The number of carbonyl (C=O) groups is 1. The van der Waals surface area contributed by atoms with Crippen molar-refractivity contribution in [2.45, 2.75) is 25.5 Å². The van der Waals surface area contributed by atoms with Crippen LogP contribution in [0.1, 0.15) is 29.0 Å². The molecule has 1 aromatic rings. The van der Waals surface area contributed by atoms with E-state index < -0.39 is 5.97 Å². The molecule has 5 nitrogen and oxygen atoms in total. The molecule has 0 aliphatic carbocycles. The van der Waals surface area contributed by atoms with Crippen molar-refractivity contribution in [1.29, 1.82) is 0 Å². The molecule has 17 heavy (non-hydrogen) atoms. The van der Waals surface area contributed by atoms with E-state index >= 15 is 0 Å². The number of likely N-dealkylation sites (tertiary alicyclic amines) is 1. The zero-order valence-corrected chi connectivity index (χ0v) is 9.89. The molecular formula is C12H17NO4. The van der Waals surface area contributed by atoms with Crippen LogP contribution in [0.15, 0.2) is 16.7 Å². The van der Waals surface area contributed by atoms with Crippen molar-refractivity contribution in [2.75, 3.05) is 20.2 Å². The molecule has 0 bridgehead atoms. The third-order valence-corrected chi connectivity index (χ3v) is 3.13. The van der Waals surface area contributed by atoms with E-state index in [9.17, 15) is 4.79 Å². The van der Waals surface area contributed by atoms with Crippen molar-refractivity contribution < 1.29 is 19.1 Å². The van der Waals surface area contributed by atoms with Crippen molar-refractivity contribution in [3.8, 4) is 0 Å². The van der Waals surface area contributed by atoms with E-state index in [1.807, 2.05) is 0 Å². The summed E-state index contributed by atoms with van der Waals surface area (Å²) in [7, 11) is 1.72. The Bertz CT molecular complexity index is 388. The van der Waals surface area contributed by atoms with Crippen LogP contribution in [-0.2, 0) is 11.3 Å². The summed E-state index contributed by atoms with van der Waals surface area (Å²) in [6.45, 7) is 2.43. The number of carboxylic acids is 1. The Hall–Kier alpha value is -1.33. The Morgan fingerprint density at radius 3 is 3.24 bits per heavy atom. The van der Waals surface area contributed by atoms with Gasteiger partial charge in [-0.15, -0.1) is 0 Å². The van der Waals surface area contributed by atoms with Crippen LogP contribution in [0.25, 0.3) is 0 Å². The molecule has 0 saturated carbocycles. The van der Waals surface area contributed by atoms with E-state index in [-0.39, 0.29) is 11.9 Å². The van der Waals surface area contributed by atoms with Crippen molar-refractivity contribution in [2.24, 2.45) is 0 Å². The van der Waals surface area contributed by atoms with Crippen molar-refractivity contribution in [3.63, 3.8) is 0 Å². The SMILES string of the molecule is COC1CCCN(Cc2ccoc2C(=O)O)C1. The second-order valence-electron chi connectivity index (χ2n) is 4.32. The summed E-state index contributed by atoms with van der Waals surface area (Å²) >= 11 is 0. The number of hydrogen-bond donors (Lipinski definition) is 1. The fourth-order valence-electron chi connectivity index (χ4n) is 2.24. The molecule has 2 heterocycles. The second-order valence-corrected chi connectivity index (χ2v) is 4.32. The molecular weight excluding hydrogens is 222 g/mol. The Kier molecular flexibility index (Phi) is 3.81. The first-order chi connectivity index (χ1) is 8.20. The molecule has 1 atom stereocenters. The number of furan rings is 1. The molecule has 94 valence electrons. The lowest BCUT2D eigenvalue weighted by atomic mass is 10.1. The van der Waals surface area contributed by atoms with E-state index in [1.165, 1.54) is 6.26 Å². The van der Waals surface area contributed by atoms with Gasteiger partial charge in [-0.1, -0.05) is 0 Å². The predicted molar refractivity (Wildman–Crippen MR) is 61.0 cm³/mol. The summed E-state index contributed by atoms with van der Waals surface area (Å²) in [6, 6.07) is 1.72. The van der Waals surface area contributed by atoms with Crippen LogP contribution in [0.5, 0.6) is 0 Å². The van der Waals surface area contributed by atoms with E-state index in [4.69, 9.17) is 14.3 Å². The average Bonchev–Trinajstić information content (AvgIpc) is 2.77. The van der Waals surface area contributed by atoms with Gasteiger partial charge in [0.15, 0.2) is 0 Å². The highest BCUT2D eigenvalue weighted by Crippen LogP contribution is 2.18. The quantitative estimate of drug-likeness (QED) is 0.864. The molecule has 2 rings (SSSR count). The second kappa shape index (κ2) is 5.33. The Balaban J connectivity index is 2.00. The molecule has 1 aromatic heterocycles. The number of piperidine rings is 1. The highest BCUT2D eigenvalue weighted by molar-refractivity contribution is 5.86. The minimum atomic E-state index is -1.01. The first-order valence-corrected chi connectivity index (χ1v) is 5.75. The zero-order chi connectivity index (χ0) is 12.3. The van der Waals surface area contributed by atoms with Gasteiger partial charge in [-0.25, -0.2) is 4.79 Å². The Labute approximate surface area is 100.0 Å². The standard InChI is InChI=1S/C12H17NO4/c1-16-10-3-2-5-13(8-10)7-9-4-6-17-11(9)12(14)15/h4,6,10H,2-3,5,7-8H2,1H3,(H,14,15). The van der Waals surface area contributed by atoms with Crippen LogP contribution >= 0.6 is 0 Å². The minimum Gasteiger partial charge on any atom is -0.475 e. The first kappa shape index (κ1) is 12.1. The number of aromatic carboxylic acids is 1. The van der Waals surface area contributed by atoms with Crippen molar-refractivity contribution in [3.05, 3.63) is 23.7 Å². The van der Waals surface area contributed by atoms with Gasteiger partial charge in [-0.3, -0.25) is 4.90 Å². The molecule has 1 aliphatic heterocycles. The van der Waals surface area contributed by atoms with Gasteiger partial charge in [-0.2, -0.15) is 0 Å². The zero-order valence-electron chi connectivity index (χ0n) is 9.89. The monoisotopic (exact) mass is 239 g/mol. The minimum absolute atomic E-state index is 0.0459. The maximum atomic E-state index is 10.9. The van der Waals surface area contributed by atoms with Crippen LogP contribution in [-0.4, -0.2) is 42.3 Å². The lowest BCUT2D eigenvalue weighted by Crippen LogP contribution is -2.38. The maximum Gasteiger partial charge on any atom is 0.372 e. The number of hydrogen-bond acceptors (Lipinski definition) is 4. The van der Waals surface area contributed by atoms with Crippen molar-refractivity contribution in [1.82, 2.24) is 4.90 Å². The van der Waals surface area contributed by atoms with Crippen LogP contribution < -0.4 is 0 Å². The van der Waals surface area contributed by atoms with Gasteiger partial charge in [0.05, 0.1) is 12.4 Å². The summed E-state index contributed by atoms with van der Waals surface area (Å²) in [5.74, 6) is -0.963. The van der Waals surface area contributed by atoms with Crippen LogP contribution in [0.2, 0.25) is 0 Å². The molecule has 0 radical (unpaired) electrons. The number of carboxylic acid groups (broad SMARTS) is 1. The summed E-state index contributed by atoms with van der Waals surface area (Å²) < 4.78 is 10.3. The molecule has 1 unspecified atom stereocenters. The van der Waals surface area contributed by atoms with Crippen LogP contribution in [0.3, 0.4) is 0 Å². The Morgan fingerprint density at radius 1 is 1.71 bits per heavy atom. The fraction of sp³-hybridized carbons (Fsp3) is 0.583. The highest BCUT2D eigenvalue weighted by atomic mass is 16.5. The molecule has 0 spiro atoms. The summed E-state index contributed by atoms with van der Waals surface area (Å²) in [6.07, 6.45) is 3.84. The molecule has 5 heteroatoms. The normalized spacial score (nSPS) is 21.6. The largest absolute Gasteiger partial charge is 0.475 e. The maximum absolute atomic E-state index is 10.9. The topological polar surface area (TPSA) is 62.9 Å². The first-order valence-electron chi connectivity index (χ1n) is 5.75. The fourth-order valence-corrected chi connectivity index (χ4v) is 2.24. The van der Waals surface area contributed by atoms with Crippen LogP contribution in [0.4, 0.5) is 0 Å². The van der Waals surface area contributed by atoms with Gasteiger partial charge in [-0.05, 0) is 25.5 Å². The van der Waals surface area contributed by atoms with Gasteiger partial charge in [0.25, 0.3) is 0 Å². The van der Waals surface area contributed by atoms with E-state index in [1.54, 1.807) is 13.2 Å². The number of ether oxygens (including phenoxy) is 1. The molecule has 1 aliphatic rings. The van der Waals surface area contributed by atoms with Crippen LogP contribution in [0, 0.1) is 0 Å². The van der Waals surface area contributed by atoms with Gasteiger partial charge in [0, 0.05) is 25.8 Å². The van der Waals surface area contributed by atoms with Gasteiger partial charge in [0.1, 0.15) is 0 Å². The van der Waals surface area contributed by atoms with E-state index in [0.717, 1.165) is 31.5 Å². The number of methoxy groups -OCH3 is 1. The smallest absolute Gasteiger partial charge is 0.372 e. The highest BCUT2D eigenvalue weighted by Gasteiger charge is 2.22.